The van der Waals surface area contributed by atoms with Crippen molar-refractivity contribution in [3.05, 3.63) is 57.3 Å². The lowest BCUT2D eigenvalue weighted by molar-refractivity contribution is -0.422. The Morgan fingerprint density at radius 3 is 2.33 bits per heavy atom. The lowest BCUT2D eigenvalue weighted by Crippen LogP contribution is -1.93. The third kappa shape index (κ3) is 4.21. The molecule has 1 aromatic carbocycles. The zero-order valence-electron chi connectivity index (χ0n) is 10.1. The zero-order valence-corrected chi connectivity index (χ0v) is 10.1. The molecule has 0 amide bonds. The van der Waals surface area contributed by atoms with Gasteiger partial charge in [-0.05, 0) is 17.2 Å². The Bertz CT molecular complexity index is 500. The van der Waals surface area contributed by atoms with Gasteiger partial charge in [-0.3, -0.25) is 10.1 Å². The molecule has 1 aromatic rings. The van der Waals surface area contributed by atoms with E-state index in [-0.39, 0.29) is 5.70 Å². The minimum Gasteiger partial charge on any atom is -0.466 e. The molecule has 0 fully saturated rings. The van der Waals surface area contributed by atoms with Gasteiger partial charge in [0.25, 0.3) is 0 Å². The van der Waals surface area contributed by atoms with Crippen LogP contribution in [0.5, 0.6) is 0 Å². The first-order chi connectivity index (χ1) is 8.52. The third-order valence-corrected chi connectivity index (χ3v) is 2.21. The molecule has 5 nitrogen and oxygen atoms in total. The Labute approximate surface area is 105 Å². The van der Waals surface area contributed by atoms with Crippen molar-refractivity contribution >= 4 is 18.1 Å². The number of rotatable bonds is 4. The lowest BCUT2D eigenvalue weighted by Gasteiger charge is -1.96. The predicted molar refractivity (Wildman–Crippen MR) is 68.1 cm³/mol. The van der Waals surface area contributed by atoms with Crippen molar-refractivity contribution in [1.82, 2.24) is 0 Å². The smallest absolute Gasteiger partial charge is 0.330 e. The summed E-state index contributed by atoms with van der Waals surface area (Å²) in [5, 5.41) is 10.5. The SMILES string of the molecule is COC(=O)C=Cc1ccc(C=C(C)[N+](=O)[O-])cc1. The molecule has 1 rings (SSSR count). The number of carbonyl (C=O) groups excluding carboxylic acids is 1. The molecule has 18 heavy (non-hydrogen) atoms. The minimum atomic E-state index is -0.439. The second-order valence-corrected chi connectivity index (χ2v) is 3.57. The maximum atomic E-state index is 10.9. The fraction of sp³-hybridized carbons (Fsp3) is 0.154. The summed E-state index contributed by atoms with van der Waals surface area (Å²) < 4.78 is 4.46. The molecule has 0 radical (unpaired) electrons. The van der Waals surface area contributed by atoms with E-state index in [1.165, 1.54) is 26.2 Å². The minimum absolute atomic E-state index is 0.0767. The van der Waals surface area contributed by atoms with Gasteiger partial charge in [0.1, 0.15) is 0 Å². The van der Waals surface area contributed by atoms with Crippen LogP contribution in [0.2, 0.25) is 0 Å². The number of benzene rings is 1. The van der Waals surface area contributed by atoms with Crippen molar-refractivity contribution in [2.24, 2.45) is 0 Å². The molecule has 0 saturated carbocycles. The topological polar surface area (TPSA) is 69.4 Å². The second-order valence-electron chi connectivity index (χ2n) is 3.57. The average Bonchev–Trinajstić information content (AvgIpc) is 2.37. The number of carbonyl (C=O) groups is 1. The number of allylic oxidation sites excluding steroid dienone is 1. The van der Waals surface area contributed by atoms with E-state index in [1.54, 1.807) is 30.3 Å². The van der Waals surface area contributed by atoms with E-state index in [0.717, 1.165) is 11.1 Å². The summed E-state index contributed by atoms with van der Waals surface area (Å²) >= 11 is 0. The predicted octanol–water partition coefficient (Wildman–Crippen LogP) is 2.51. The zero-order chi connectivity index (χ0) is 13.5. The highest BCUT2D eigenvalue weighted by atomic mass is 16.6. The van der Waals surface area contributed by atoms with Crippen LogP contribution < -0.4 is 0 Å². The van der Waals surface area contributed by atoms with E-state index in [2.05, 4.69) is 4.74 Å². The second kappa shape index (κ2) is 6.34. The van der Waals surface area contributed by atoms with Crippen LogP contribution in [-0.4, -0.2) is 18.0 Å². The van der Waals surface area contributed by atoms with Gasteiger partial charge in [0.2, 0.25) is 5.70 Å². The van der Waals surface area contributed by atoms with Gasteiger partial charge < -0.3 is 4.74 Å². The monoisotopic (exact) mass is 247 g/mol. The highest BCUT2D eigenvalue weighted by molar-refractivity contribution is 5.86. The first-order valence-electron chi connectivity index (χ1n) is 5.21. The summed E-state index contributed by atoms with van der Waals surface area (Å²) in [5.41, 5.74) is 1.63. The van der Waals surface area contributed by atoms with E-state index >= 15 is 0 Å². The van der Waals surface area contributed by atoms with E-state index in [4.69, 9.17) is 0 Å². The largest absolute Gasteiger partial charge is 0.466 e. The van der Waals surface area contributed by atoms with Gasteiger partial charge in [-0.15, -0.1) is 0 Å². The average molecular weight is 247 g/mol. The Kier molecular flexibility index (Phi) is 4.80. The standard InChI is InChI=1S/C13H13NO4/c1-10(14(16)17)9-12-5-3-11(4-6-12)7-8-13(15)18-2/h3-9H,1-2H3. The van der Waals surface area contributed by atoms with Crippen molar-refractivity contribution in [1.29, 1.82) is 0 Å². The van der Waals surface area contributed by atoms with Gasteiger partial charge in [-0.1, -0.05) is 24.3 Å². The molecule has 0 aliphatic rings. The molecule has 0 bridgehead atoms. The number of esters is 1. The normalized spacial score (nSPS) is 11.6. The van der Waals surface area contributed by atoms with Gasteiger partial charge in [-0.2, -0.15) is 0 Å². The summed E-state index contributed by atoms with van der Waals surface area (Å²) in [6.07, 6.45) is 4.40. The molecule has 0 atom stereocenters. The summed E-state index contributed by atoms with van der Waals surface area (Å²) in [5.74, 6) is -0.428. The van der Waals surface area contributed by atoms with Gasteiger partial charge in [0.15, 0.2) is 0 Å². The first kappa shape index (κ1) is 13.6. The van der Waals surface area contributed by atoms with Crippen LogP contribution in [0.3, 0.4) is 0 Å². The Hall–Kier alpha value is -2.43. The number of methoxy groups -OCH3 is 1. The van der Waals surface area contributed by atoms with Crippen molar-refractivity contribution in [2.45, 2.75) is 6.92 Å². The van der Waals surface area contributed by atoms with E-state index in [1.807, 2.05) is 0 Å². The molecule has 0 N–H and O–H groups in total. The van der Waals surface area contributed by atoms with Gasteiger partial charge in [-0.25, -0.2) is 4.79 Å². The summed E-state index contributed by atoms with van der Waals surface area (Å²) in [6, 6.07) is 7.00. The van der Waals surface area contributed by atoms with Crippen molar-refractivity contribution in [3.8, 4) is 0 Å². The molecule has 0 heterocycles. The van der Waals surface area contributed by atoms with Gasteiger partial charge >= 0.3 is 5.97 Å². The third-order valence-electron chi connectivity index (χ3n) is 2.21. The maximum Gasteiger partial charge on any atom is 0.330 e. The van der Waals surface area contributed by atoms with E-state index < -0.39 is 10.9 Å². The van der Waals surface area contributed by atoms with Crippen LogP contribution >= 0.6 is 0 Å². The number of nitro groups is 1. The number of nitrogens with zero attached hydrogens (tertiary/aromatic N) is 1. The molecule has 5 heteroatoms. The van der Waals surface area contributed by atoms with Gasteiger partial charge in [0.05, 0.1) is 12.0 Å². The van der Waals surface area contributed by atoms with Crippen molar-refractivity contribution < 1.29 is 14.5 Å². The van der Waals surface area contributed by atoms with Crippen LogP contribution in [0.25, 0.3) is 12.2 Å². The Morgan fingerprint density at radius 1 is 1.28 bits per heavy atom. The molecule has 0 saturated heterocycles. The first-order valence-corrected chi connectivity index (χ1v) is 5.21. The molecule has 0 spiro atoms. The molecular weight excluding hydrogens is 234 g/mol. The highest BCUT2D eigenvalue weighted by Gasteiger charge is 2.01. The van der Waals surface area contributed by atoms with Crippen LogP contribution in [0, 0.1) is 10.1 Å². The van der Waals surface area contributed by atoms with Crippen LogP contribution in [0.1, 0.15) is 18.1 Å². The van der Waals surface area contributed by atoms with Gasteiger partial charge in [0, 0.05) is 19.1 Å². The molecule has 94 valence electrons. The highest BCUT2D eigenvalue weighted by Crippen LogP contribution is 2.10. The van der Waals surface area contributed by atoms with E-state index in [0.29, 0.717) is 0 Å². The Balaban J connectivity index is 2.81. The summed E-state index contributed by atoms with van der Waals surface area (Å²) in [4.78, 5) is 20.9. The fourth-order valence-corrected chi connectivity index (χ4v) is 1.23. The maximum absolute atomic E-state index is 10.9. The van der Waals surface area contributed by atoms with Crippen LogP contribution in [0.15, 0.2) is 36.0 Å². The molecular formula is C13H13NO4. The van der Waals surface area contributed by atoms with Crippen LogP contribution in [-0.2, 0) is 9.53 Å². The van der Waals surface area contributed by atoms with Crippen molar-refractivity contribution in [3.63, 3.8) is 0 Å². The van der Waals surface area contributed by atoms with Crippen molar-refractivity contribution in [2.75, 3.05) is 7.11 Å². The number of hydrogen-bond acceptors (Lipinski definition) is 4. The molecule has 0 aliphatic heterocycles. The molecule has 0 unspecified atom stereocenters. The lowest BCUT2D eigenvalue weighted by atomic mass is 10.1. The number of hydrogen-bond donors (Lipinski definition) is 0. The number of ether oxygens (including phenoxy) is 1. The molecule has 0 aliphatic carbocycles. The Morgan fingerprint density at radius 2 is 1.83 bits per heavy atom. The summed E-state index contributed by atoms with van der Waals surface area (Å²) in [6.45, 7) is 1.44. The van der Waals surface area contributed by atoms with E-state index in [9.17, 15) is 14.9 Å². The van der Waals surface area contributed by atoms with Crippen LogP contribution in [0.4, 0.5) is 0 Å². The molecule has 0 aromatic heterocycles. The quantitative estimate of drug-likeness (QED) is 0.355. The summed E-state index contributed by atoms with van der Waals surface area (Å²) in [7, 11) is 1.31. The fourth-order valence-electron chi connectivity index (χ4n) is 1.23.